The highest BCUT2D eigenvalue weighted by molar-refractivity contribution is 7.89. The number of hydrogen-bond acceptors (Lipinski definition) is 4. The van der Waals surface area contributed by atoms with E-state index in [1.54, 1.807) is 46.1 Å². The number of methoxy groups -OCH3 is 1. The van der Waals surface area contributed by atoms with Crippen LogP contribution >= 0.6 is 0 Å². The van der Waals surface area contributed by atoms with Crippen molar-refractivity contribution in [1.82, 2.24) is 4.72 Å². The van der Waals surface area contributed by atoms with Crippen molar-refractivity contribution in [3.8, 4) is 5.75 Å². The predicted octanol–water partition coefficient (Wildman–Crippen LogP) is 3.73. The third-order valence-electron chi connectivity index (χ3n) is 3.65. The Morgan fingerprint density at radius 2 is 1.82 bits per heavy atom. The Morgan fingerprint density at radius 1 is 1.11 bits per heavy atom. The summed E-state index contributed by atoms with van der Waals surface area (Å²) in [5.74, 6) is 0.290. The second-order valence-electron chi connectivity index (χ2n) is 7.45. The van der Waals surface area contributed by atoms with E-state index in [0.29, 0.717) is 11.4 Å². The lowest BCUT2D eigenvalue weighted by Gasteiger charge is -2.20. The molecule has 2 N–H and O–H groups in total. The Balaban J connectivity index is 2.16. The average molecular weight is 403 g/mol. The van der Waals surface area contributed by atoms with Gasteiger partial charge >= 0.3 is 0 Å². The van der Waals surface area contributed by atoms with Gasteiger partial charge < -0.3 is 10.1 Å². The molecule has 0 aromatic heterocycles. The molecule has 0 aliphatic rings. The van der Waals surface area contributed by atoms with Crippen LogP contribution < -0.4 is 14.8 Å². The number of carbonyl (C=O) groups excluding carboxylic acids is 1. The number of nitrogens with one attached hydrogen (secondary N) is 2. The van der Waals surface area contributed by atoms with Crippen LogP contribution in [-0.2, 0) is 14.8 Å². The molecule has 1 amide bonds. The van der Waals surface area contributed by atoms with Crippen molar-refractivity contribution in [3.05, 3.63) is 59.7 Å². The summed E-state index contributed by atoms with van der Waals surface area (Å²) in [4.78, 5) is 12.3. The van der Waals surface area contributed by atoms with Crippen LogP contribution in [0.15, 0.2) is 53.4 Å². The number of benzene rings is 2. The van der Waals surface area contributed by atoms with E-state index in [1.165, 1.54) is 18.2 Å². The Bertz CT molecular complexity index is 990. The van der Waals surface area contributed by atoms with Crippen LogP contribution in [0, 0.1) is 6.92 Å². The summed E-state index contributed by atoms with van der Waals surface area (Å²) in [6.07, 6.45) is 3.04. The van der Waals surface area contributed by atoms with Gasteiger partial charge in [0.05, 0.1) is 12.0 Å². The molecule has 0 heterocycles. The number of aryl methyl sites for hydroxylation is 1. The number of hydrogen-bond donors (Lipinski definition) is 2. The molecule has 0 radical (unpaired) electrons. The van der Waals surface area contributed by atoms with Crippen molar-refractivity contribution in [3.63, 3.8) is 0 Å². The number of carbonyl (C=O) groups is 1. The standard InChI is InChI=1S/C21H26N2O4S/c1-15-9-11-19(27-5)16(13-15)10-12-20(24)22-17-7-6-8-18(14-17)28(25,26)23-21(2,3)4/h6-14,23H,1-5H3,(H,22,24)/b12-10+. The van der Waals surface area contributed by atoms with Gasteiger partial charge in [-0.1, -0.05) is 17.7 Å². The van der Waals surface area contributed by atoms with Crippen molar-refractivity contribution >= 4 is 27.7 Å². The van der Waals surface area contributed by atoms with Crippen LogP contribution in [0.5, 0.6) is 5.75 Å². The van der Waals surface area contributed by atoms with Crippen molar-refractivity contribution in [2.24, 2.45) is 0 Å². The highest BCUT2D eigenvalue weighted by Crippen LogP contribution is 2.21. The Kier molecular flexibility index (Phi) is 6.64. The topological polar surface area (TPSA) is 84.5 Å². The van der Waals surface area contributed by atoms with Gasteiger partial charge in [-0.05, 0) is 64.1 Å². The van der Waals surface area contributed by atoms with Gasteiger partial charge in [-0.3, -0.25) is 4.79 Å². The summed E-state index contributed by atoms with van der Waals surface area (Å²) < 4.78 is 32.8. The maximum atomic E-state index is 12.4. The first-order valence-electron chi connectivity index (χ1n) is 8.78. The van der Waals surface area contributed by atoms with E-state index >= 15 is 0 Å². The molecule has 0 spiro atoms. The van der Waals surface area contributed by atoms with Crippen molar-refractivity contribution in [1.29, 1.82) is 0 Å². The van der Waals surface area contributed by atoms with Crippen LogP contribution in [-0.4, -0.2) is 27.0 Å². The van der Waals surface area contributed by atoms with Crippen LogP contribution in [0.2, 0.25) is 0 Å². The number of ether oxygens (including phenoxy) is 1. The molecule has 0 bridgehead atoms. The number of rotatable bonds is 6. The lowest BCUT2D eigenvalue weighted by Crippen LogP contribution is -2.40. The first kappa shape index (κ1) is 21.7. The summed E-state index contributed by atoms with van der Waals surface area (Å²) in [6, 6.07) is 11.8. The van der Waals surface area contributed by atoms with E-state index in [2.05, 4.69) is 10.0 Å². The molecule has 6 nitrogen and oxygen atoms in total. The van der Waals surface area contributed by atoms with Crippen LogP contribution in [0.25, 0.3) is 6.08 Å². The van der Waals surface area contributed by atoms with Crippen molar-refractivity contribution < 1.29 is 17.9 Å². The molecule has 0 atom stereocenters. The minimum absolute atomic E-state index is 0.0876. The van der Waals surface area contributed by atoms with Crippen LogP contribution in [0.3, 0.4) is 0 Å². The molecule has 28 heavy (non-hydrogen) atoms. The van der Waals surface area contributed by atoms with Gasteiger partial charge in [0, 0.05) is 22.9 Å². The van der Waals surface area contributed by atoms with Crippen LogP contribution in [0.4, 0.5) is 5.69 Å². The minimum atomic E-state index is -3.68. The van der Waals surface area contributed by atoms with Gasteiger partial charge in [-0.2, -0.15) is 0 Å². The first-order valence-corrected chi connectivity index (χ1v) is 10.3. The molecule has 2 aromatic carbocycles. The Morgan fingerprint density at radius 3 is 2.46 bits per heavy atom. The fourth-order valence-corrected chi connectivity index (χ4v) is 4.00. The van der Waals surface area contributed by atoms with E-state index in [9.17, 15) is 13.2 Å². The first-order chi connectivity index (χ1) is 13.0. The van der Waals surface area contributed by atoms with Crippen LogP contribution in [0.1, 0.15) is 31.9 Å². The molecule has 0 fully saturated rings. The van der Waals surface area contributed by atoms with E-state index in [0.717, 1.165) is 11.1 Å². The molecular weight excluding hydrogens is 376 g/mol. The zero-order valence-electron chi connectivity index (χ0n) is 16.7. The van der Waals surface area contributed by atoms with E-state index in [-0.39, 0.29) is 10.8 Å². The molecule has 150 valence electrons. The molecule has 7 heteroatoms. The molecule has 0 unspecified atom stereocenters. The third kappa shape index (κ3) is 6.21. The molecule has 0 aliphatic heterocycles. The summed E-state index contributed by atoms with van der Waals surface area (Å²) in [5.41, 5.74) is 1.62. The molecular formula is C21H26N2O4S. The zero-order valence-corrected chi connectivity index (χ0v) is 17.6. The number of sulfonamides is 1. The summed E-state index contributed by atoms with van der Waals surface area (Å²) in [5, 5.41) is 2.68. The fraction of sp³-hybridized carbons (Fsp3) is 0.286. The largest absolute Gasteiger partial charge is 0.496 e. The molecule has 0 aliphatic carbocycles. The molecule has 2 rings (SSSR count). The number of anilines is 1. The average Bonchev–Trinajstić information content (AvgIpc) is 2.58. The van der Waals surface area contributed by atoms with Gasteiger partial charge in [0.2, 0.25) is 15.9 Å². The minimum Gasteiger partial charge on any atom is -0.496 e. The Hall–Kier alpha value is -2.64. The maximum absolute atomic E-state index is 12.4. The summed E-state index contributed by atoms with van der Waals surface area (Å²) in [6.45, 7) is 7.25. The SMILES string of the molecule is COc1ccc(C)cc1/C=C/C(=O)Nc1cccc(S(=O)(=O)NC(C)(C)C)c1. The monoisotopic (exact) mass is 402 g/mol. The van der Waals surface area contributed by atoms with Gasteiger partial charge in [-0.15, -0.1) is 0 Å². The van der Waals surface area contributed by atoms with Crippen molar-refractivity contribution in [2.45, 2.75) is 38.1 Å². The summed E-state index contributed by atoms with van der Waals surface area (Å²) in [7, 11) is -2.11. The lowest BCUT2D eigenvalue weighted by molar-refractivity contribution is -0.111. The lowest BCUT2D eigenvalue weighted by atomic mass is 10.1. The molecule has 0 saturated heterocycles. The van der Waals surface area contributed by atoms with Gasteiger partial charge in [0.15, 0.2) is 0 Å². The smallest absolute Gasteiger partial charge is 0.248 e. The van der Waals surface area contributed by atoms with E-state index in [1.807, 2.05) is 25.1 Å². The predicted molar refractivity (Wildman–Crippen MR) is 112 cm³/mol. The number of amides is 1. The highest BCUT2D eigenvalue weighted by atomic mass is 32.2. The van der Waals surface area contributed by atoms with Gasteiger partial charge in [0.1, 0.15) is 5.75 Å². The second kappa shape index (κ2) is 8.58. The third-order valence-corrected chi connectivity index (χ3v) is 5.41. The quantitative estimate of drug-likeness (QED) is 0.721. The summed E-state index contributed by atoms with van der Waals surface area (Å²) >= 11 is 0. The van der Waals surface area contributed by atoms with Gasteiger partial charge in [-0.25, -0.2) is 13.1 Å². The maximum Gasteiger partial charge on any atom is 0.248 e. The normalized spacial score (nSPS) is 12.2. The second-order valence-corrected chi connectivity index (χ2v) is 9.13. The fourth-order valence-electron chi connectivity index (χ4n) is 2.54. The molecule has 2 aromatic rings. The van der Waals surface area contributed by atoms with Gasteiger partial charge in [0.25, 0.3) is 0 Å². The Labute approximate surface area is 166 Å². The highest BCUT2D eigenvalue weighted by Gasteiger charge is 2.22. The molecule has 0 saturated carbocycles. The van der Waals surface area contributed by atoms with E-state index in [4.69, 9.17) is 4.74 Å². The van der Waals surface area contributed by atoms with Crippen molar-refractivity contribution in [2.75, 3.05) is 12.4 Å². The zero-order chi connectivity index (χ0) is 20.9. The van der Waals surface area contributed by atoms with E-state index < -0.39 is 15.6 Å².